The molecule has 18 heavy (non-hydrogen) atoms. The fourth-order valence-electron chi connectivity index (χ4n) is 2.77. The van der Waals surface area contributed by atoms with Gasteiger partial charge in [-0.15, -0.1) is 0 Å². The van der Waals surface area contributed by atoms with Gasteiger partial charge in [0.2, 0.25) is 0 Å². The van der Waals surface area contributed by atoms with Crippen LogP contribution in [0.25, 0.3) is 0 Å². The Balaban J connectivity index is 1.55. The van der Waals surface area contributed by atoms with Gasteiger partial charge < -0.3 is 14.8 Å². The van der Waals surface area contributed by atoms with Gasteiger partial charge in [-0.2, -0.15) is 0 Å². The van der Waals surface area contributed by atoms with E-state index in [1.54, 1.807) is 12.1 Å². The molecule has 4 heteroatoms. The molecule has 0 bridgehead atoms. The predicted octanol–water partition coefficient (Wildman–Crippen LogP) is 2.92. The van der Waals surface area contributed by atoms with Crippen LogP contribution in [0, 0.1) is 5.82 Å². The van der Waals surface area contributed by atoms with Crippen molar-refractivity contribution in [3.8, 4) is 0 Å². The highest BCUT2D eigenvalue weighted by Crippen LogP contribution is 2.36. The summed E-state index contributed by atoms with van der Waals surface area (Å²) < 4.78 is 24.2. The Morgan fingerprint density at radius 3 is 2.28 bits per heavy atom. The van der Waals surface area contributed by atoms with Gasteiger partial charge in [0.05, 0.1) is 13.2 Å². The molecular weight excluding hydrogens is 233 g/mol. The molecule has 1 N–H and O–H groups in total. The molecule has 0 radical (unpaired) electrons. The fraction of sp³-hybridized carbons (Fsp3) is 0.571. The van der Waals surface area contributed by atoms with Crippen molar-refractivity contribution < 1.29 is 13.9 Å². The lowest BCUT2D eigenvalue weighted by molar-refractivity contribution is -0.177. The Labute approximate surface area is 106 Å². The minimum Gasteiger partial charge on any atom is -0.382 e. The number of hydrogen-bond acceptors (Lipinski definition) is 3. The molecule has 3 nitrogen and oxygen atoms in total. The van der Waals surface area contributed by atoms with E-state index in [1.165, 1.54) is 12.1 Å². The Morgan fingerprint density at radius 1 is 1.06 bits per heavy atom. The van der Waals surface area contributed by atoms with E-state index in [2.05, 4.69) is 5.32 Å². The molecule has 0 unspecified atom stereocenters. The van der Waals surface area contributed by atoms with Crippen LogP contribution in [0.3, 0.4) is 0 Å². The molecule has 1 aromatic rings. The maximum Gasteiger partial charge on any atom is 0.168 e. The second kappa shape index (κ2) is 4.86. The van der Waals surface area contributed by atoms with Crippen molar-refractivity contribution in [1.82, 2.24) is 0 Å². The van der Waals surface area contributed by atoms with E-state index in [1.807, 2.05) is 0 Å². The number of rotatable bonds is 2. The van der Waals surface area contributed by atoms with Crippen molar-refractivity contribution in [3.63, 3.8) is 0 Å². The van der Waals surface area contributed by atoms with Crippen molar-refractivity contribution in [2.75, 3.05) is 18.5 Å². The third kappa shape index (κ3) is 2.49. The summed E-state index contributed by atoms with van der Waals surface area (Å²) in [4.78, 5) is 0. The molecule has 1 aromatic carbocycles. The third-order valence-electron chi connectivity index (χ3n) is 3.78. The molecule has 3 rings (SSSR count). The van der Waals surface area contributed by atoms with Crippen molar-refractivity contribution in [3.05, 3.63) is 30.1 Å². The second-order valence-electron chi connectivity index (χ2n) is 5.03. The molecule has 1 aliphatic carbocycles. The van der Waals surface area contributed by atoms with Gasteiger partial charge in [0.25, 0.3) is 0 Å². The lowest BCUT2D eigenvalue weighted by Gasteiger charge is -2.36. The van der Waals surface area contributed by atoms with Crippen LogP contribution < -0.4 is 5.32 Å². The predicted molar refractivity (Wildman–Crippen MR) is 66.9 cm³/mol. The van der Waals surface area contributed by atoms with Gasteiger partial charge in [-0.1, -0.05) is 0 Å². The minimum absolute atomic E-state index is 0.198. The molecule has 0 amide bonds. The van der Waals surface area contributed by atoms with E-state index in [4.69, 9.17) is 9.47 Å². The first-order valence-electron chi connectivity index (χ1n) is 6.56. The third-order valence-corrected chi connectivity index (χ3v) is 3.78. The summed E-state index contributed by atoms with van der Waals surface area (Å²) in [5.41, 5.74) is 0.977. The van der Waals surface area contributed by atoms with Gasteiger partial charge in [-0.05, 0) is 37.1 Å². The molecule has 1 heterocycles. The summed E-state index contributed by atoms with van der Waals surface area (Å²) in [7, 11) is 0. The van der Waals surface area contributed by atoms with Crippen LogP contribution in [0.5, 0.6) is 0 Å². The van der Waals surface area contributed by atoms with E-state index in [0.717, 1.165) is 44.6 Å². The highest BCUT2D eigenvalue weighted by molar-refractivity contribution is 5.43. The number of nitrogens with one attached hydrogen (secondary N) is 1. The van der Waals surface area contributed by atoms with Gasteiger partial charge in [-0.25, -0.2) is 4.39 Å². The summed E-state index contributed by atoms with van der Waals surface area (Å²) in [6.45, 7) is 1.44. The fourth-order valence-corrected chi connectivity index (χ4v) is 2.77. The topological polar surface area (TPSA) is 30.5 Å². The molecule has 1 aliphatic heterocycles. The van der Waals surface area contributed by atoms with E-state index >= 15 is 0 Å². The Kier molecular flexibility index (Phi) is 3.22. The Morgan fingerprint density at radius 2 is 1.67 bits per heavy atom. The Hall–Kier alpha value is -1.13. The lowest BCUT2D eigenvalue weighted by Crippen LogP contribution is -2.39. The quantitative estimate of drug-likeness (QED) is 0.876. The average Bonchev–Trinajstić information content (AvgIpc) is 2.84. The smallest absolute Gasteiger partial charge is 0.168 e. The number of halogens is 1. The van der Waals surface area contributed by atoms with Crippen LogP contribution in [0.4, 0.5) is 10.1 Å². The summed E-state index contributed by atoms with van der Waals surface area (Å²) in [6, 6.07) is 6.95. The first kappa shape index (κ1) is 11.9. The van der Waals surface area contributed by atoms with Crippen LogP contribution in [0.15, 0.2) is 24.3 Å². The monoisotopic (exact) mass is 251 g/mol. The number of ether oxygens (including phenoxy) is 2. The van der Waals surface area contributed by atoms with Crippen molar-refractivity contribution in [2.45, 2.75) is 37.5 Å². The van der Waals surface area contributed by atoms with Crippen molar-refractivity contribution in [2.24, 2.45) is 0 Å². The molecule has 0 atom stereocenters. The van der Waals surface area contributed by atoms with E-state index in [9.17, 15) is 4.39 Å². The van der Waals surface area contributed by atoms with E-state index < -0.39 is 0 Å². The summed E-state index contributed by atoms with van der Waals surface area (Å²) in [5.74, 6) is -0.503. The molecule has 2 fully saturated rings. The molecule has 2 aliphatic rings. The van der Waals surface area contributed by atoms with Gasteiger partial charge in [0.15, 0.2) is 5.79 Å². The first-order chi connectivity index (χ1) is 8.76. The number of benzene rings is 1. The lowest BCUT2D eigenvalue weighted by atomic mass is 9.90. The van der Waals surface area contributed by atoms with E-state index in [-0.39, 0.29) is 11.6 Å². The van der Waals surface area contributed by atoms with Crippen molar-refractivity contribution in [1.29, 1.82) is 0 Å². The van der Waals surface area contributed by atoms with Gasteiger partial charge in [0.1, 0.15) is 5.82 Å². The van der Waals surface area contributed by atoms with E-state index in [0.29, 0.717) is 6.04 Å². The largest absolute Gasteiger partial charge is 0.382 e. The highest BCUT2D eigenvalue weighted by Gasteiger charge is 2.40. The normalized spacial score (nSPS) is 23.4. The molecule has 1 spiro atoms. The summed E-state index contributed by atoms with van der Waals surface area (Å²) in [6.07, 6.45) is 3.92. The molecule has 1 saturated carbocycles. The highest BCUT2D eigenvalue weighted by atomic mass is 19.1. The first-order valence-corrected chi connectivity index (χ1v) is 6.56. The average molecular weight is 251 g/mol. The summed E-state index contributed by atoms with van der Waals surface area (Å²) >= 11 is 0. The minimum atomic E-state index is -0.305. The van der Waals surface area contributed by atoms with Gasteiger partial charge in [0, 0.05) is 24.6 Å². The van der Waals surface area contributed by atoms with Crippen molar-refractivity contribution >= 4 is 5.69 Å². The summed E-state index contributed by atoms with van der Waals surface area (Å²) in [5, 5.41) is 3.44. The van der Waals surface area contributed by atoms with Gasteiger partial charge >= 0.3 is 0 Å². The van der Waals surface area contributed by atoms with Gasteiger partial charge in [-0.3, -0.25) is 0 Å². The van der Waals surface area contributed by atoms with Crippen LogP contribution in [0.2, 0.25) is 0 Å². The number of anilines is 1. The Bertz CT molecular complexity index is 391. The molecule has 1 saturated heterocycles. The maximum atomic E-state index is 12.8. The second-order valence-corrected chi connectivity index (χ2v) is 5.03. The zero-order valence-electron chi connectivity index (χ0n) is 10.3. The number of hydrogen-bond donors (Lipinski definition) is 1. The molecule has 0 aromatic heterocycles. The standard InChI is InChI=1S/C14H18FNO2/c15-11-1-3-12(4-2-11)16-13-5-7-14(8-6-13)17-9-10-18-14/h1-4,13,16H,5-10H2. The zero-order chi connectivity index (χ0) is 12.4. The zero-order valence-corrected chi connectivity index (χ0v) is 10.3. The van der Waals surface area contributed by atoms with Crippen LogP contribution in [0.1, 0.15) is 25.7 Å². The van der Waals surface area contributed by atoms with Crippen LogP contribution in [-0.2, 0) is 9.47 Å². The SMILES string of the molecule is Fc1ccc(NC2CCC3(CC2)OCCO3)cc1. The van der Waals surface area contributed by atoms with Crippen LogP contribution >= 0.6 is 0 Å². The van der Waals surface area contributed by atoms with Crippen LogP contribution in [-0.4, -0.2) is 25.0 Å². The molecular formula is C14H18FNO2. The molecule has 98 valence electrons. The maximum absolute atomic E-state index is 12.8.